The summed E-state index contributed by atoms with van der Waals surface area (Å²) in [6, 6.07) is 7.76. The molecule has 11 heteroatoms. The van der Waals surface area contributed by atoms with Crippen LogP contribution in [0, 0.1) is 0 Å². The Hall–Kier alpha value is -3.37. The summed E-state index contributed by atoms with van der Waals surface area (Å²) in [6.45, 7) is 3.51. The number of ether oxygens (including phenoxy) is 1. The van der Waals surface area contributed by atoms with E-state index in [1.54, 1.807) is 0 Å². The highest BCUT2D eigenvalue weighted by Gasteiger charge is 2.30. The van der Waals surface area contributed by atoms with Gasteiger partial charge in [-0.2, -0.15) is 13.2 Å². The van der Waals surface area contributed by atoms with Crippen LogP contribution in [0.1, 0.15) is 18.3 Å². The maximum absolute atomic E-state index is 12.5. The molecule has 0 saturated heterocycles. The summed E-state index contributed by atoms with van der Waals surface area (Å²) in [4.78, 5) is 8.13. The summed E-state index contributed by atoms with van der Waals surface area (Å²) in [6.07, 6.45) is -1.80. The highest BCUT2D eigenvalue weighted by Crippen LogP contribution is 2.29. The van der Waals surface area contributed by atoms with Crippen LogP contribution in [0.4, 0.5) is 13.2 Å². The van der Waals surface area contributed by atoms with Crippen LogP contribution in [0.25, 0.3) is 5.65 Å². The lowest BCUT2D eigenvalue weighted by Crippen LogP contribution is -2.39. The van der Waals surface area contributed by atoms with Gasteiger partial charge in [0.25, 0.3) is 0 Å². The van der Waals surface area contributed by atoms with E-state index in [0.717, 1.165) is 17.9 Å². The SMILES string of the molecule is CCNC(=NCc1nnc2ccccn12)NCCOc1ccc(C(F)(F)F)cn1. The van der Waals surface area contributed by atoms with Gasteiger partial charge >= 0.3 is 6.18 Å². The number of guanidine groups is 1. The van der Waals surface area contributed by atoms with Crippen LogP contribution in [-0.4, -0.2) is 45.2 Å². The van der Waals surface area contributed by atoms with Crippen molar-refractivity contribution < 1.29 is 17.9 Å². The quantitative estimate of drug-likeness (QED) is 0.355. The largest absolute Gasteiger partial charge is 0.476 e. The Morgan fingerprint density at radius 1 is 1.17 bits per heavy atom. The molecule has 0 amide bonds. The zero-order chi connectivity index (χ0) is 20.7. The van der Waals surface area contributed by atoms with Gasteiger partial charge in [0.2, 0.25) is 5.88 Å². The van der Waals surface area contributed by atoms with E-state index in [0.29, 0.717) is 31.4 Å². The van der Waals surface area contributed by atoms with E-state index in [2.05, 4.69) is 30.8 Å². The molecule has 0 aliphatic rings. The molecule has 0 spiro atoms. The topological polar surface area (TPSA) is 88.7 Å². The smallest absolute Gasteiger partial charge is 0.417 e. The van der Waals surface area contributed by atoms with E-state index in [-0.39, 0.29) is 12.5 Å². The van der Waals surface area contributed by atoms with E-state index in [4.69, 9.17) is 4.74 Å². The molecule has 0 saturated carbocycles. The molecule has 0 atom stereocenters. The molecule has 3 aromatic heterocycles. The fourth-order valence-corrected chi connectivity index (χ4v) is 2.45. The standard InChI is InChI=1S/C18H20F3N7O/c1-2-22-17(25-12-15-27-26-14-5-3-4-9-28(14)15)23-8-10-29-16-7-6-13(11-24-16)18(19,20)21/h3-7,9,11H,2,8,10,12H2,1H3,(H2,22,23,25). The molecule has 0 radical (unpaired) electrons. The first-order valence-corrected chi connectivity index (χ1v) is 8.94. The van der Waals surface area contributed by atoms with E-state index in [1.165, 1.54) is 6.07 Å². The second-order valence-corrected chi connectivity index (χ2v) is 5.90. The van der Waals surface area contributed by atoms with Crippen LogP contribution in [0.15, 0.2) is 47.7 Å². The van der Waals surface area contributed by atoms with Gasteiger partial charge in [-0.15, -0.1) is 10.2 Å². The minimum Gasteiger partial charge on any atom is -0.476 e. The van der Waals surface area contributed by atoms with Crippen molar-refractivity contribution in [3.8, 4) is 5.88 Å². The van der Waals surface area contributed by atoms with Crippen molar-refractivity contribution >= 4 is 11.6 Å². The second kappa shape index (κ2) is 9.22. The molecule has 0 aliphatic carbocycles. The minimum atomic E-state index is -4.42. The number of hydrogen-bond acceptors (Lipinski definition) is 5. The number of hydrogen-bond donors (Lipinski definition) is 2. The summed E-state index contributed by atoms with van der Waals surface area (Å²) in [5, 5.41) is 14.4. The van der Waals surface area contributed by atoms with Crippen molar-refractivity contribution in [2.24, 2.45) is 4.99 Å². The molecule has 0 bridgehead atoms. The molecular formula is C18H20F3N7O. The van der Waals surface area contributed by atoms with Crippen molar-refractivity contribution in [1.29, 1.82) is 0 Å². The van der Waals surface area contributed by atoms with Crippen LogP contribution in [0.3, 0.4) is 0 Å². The normalized spacial score (nSPS) is 12.2. The van der Waals surface area contributed by atoms with Crippen molar-refractivity contribution in [2.45, 2.75) is 19.6 Å². The van der Waals surface area contributed by atoms with Crippen LogP contribution < -0.4 is 15.4 Å². The summed E-state index contributed by atoms with van der Waals surface area (Å²) >= 11 is 0. The van der Waals surface area contributed by atoms with Crippen molar-refractivity contribution in [2.75, 3.05) is 19.7 Å². The van der Waals surface area contributed by atoms with Crippen LogP contribution in [-0.2, 0) is 12.7 Å². The van der Waals surface area contributed by atoms with Crippen molar-refractivity contribution in [3.63, 3.8) is 0 Å². The first-order chi connectivity index (χ1) is 14.0. The first-order valence-electron chi connectivity index (χ1n) is 8.94. The van der Waals surface area contributed by atoms with Crippen LogP contribution >= 0.6 is 0 Å². The molecule has 0 aliphatic heterocycles. The fraction of sp³-hybridized carbons (Fsp3) is 0.333. The summed E-state index contributed by atoms with van der Waals surface area (Å²) in [5.41, 5.74) is -0.0707. The van der Waals surface area contributed by atoms with E-state index < -0.39 is 11.7 Å². The Balaban J connectivity index is 1.51. The van der Waals surface area contributed by atoms with Gasteiger partial charge in [0.05, 0.1) is 12.1 Å². The summed E-state index contributed by atoms with van der Waals surface area (Å²) in [5.74, 6) is 1.38. The van der Waals surface area contributed by atoms with Gasteiger partial charge in [0.1, 0.15) is 13.2 Å². The van der Waals surface area contributed by atoms with Crippen molar-refractivity contribution in [3.05, 3.63) is 54.1 Å². The Bertz CT molecular complexity index is 954. The first kappa shape index (κ1) is 20.4. The van der Waals surface area contributed by atoms with Gasteiger partial charge in [-0.25, -0.2) is 9.98 Å². The van der Waals surface area contributed by atoms with Gasteiger partial charge in [0, 0.05) is 25.0 Å². The maximum Gasteiger partial charge on any atom is 0.417 e. The molecule has 2 N–H and O–H groups in total. The van der Waals surface area contributed by atoms with Crippen LogP contribution in [0.2, 0.25) is 0 Å². The third-order valence-corrected chi connectivity index (χ3v) is 3.82. The monoisotopic (exact) mass is 407 g/mol. The number of fused-ring (bicyclic) bond motifs is 1. The molecular weight excluding hydrogens is 387 g/mol. The molecule has 3 heterocycles. The highest BCUT2D eigenvalue weighted by molar-refractivity contribution is 5.79. The fourth-order valence-electron chi connectivity index (χ4n) is 2.45. The summed E-state index contributed by atoms with van der Waals surface area (Å²) < 4.78 is 44.8. The molecule has 3 rings (SSSR count). The lowest BCUT2D eigenvalue weighted by Gasteiger charge is -2.12. The number of aromatic nitrogens is 4. The number of rotatable bonds is 7. The van der Waals surface area contributed by atoms with E-state index in [9.17, 15) is 13.2 Å². The molecule has 29 heavy (non-hydrogen) atoms. The number of alkyl halides is 3. The molecule has 0 fully saturated rings. The Morgan fingerprint density at radius 3 is 2.76 bits per heavy atom. The lowest BCUT2D eigenvalue weighted by molar-refractivity contribution is -0.137. The third kappa shape index (κ3) is 5.56. The van der Waals surface area contributed by atoms with Gasteiger partial charge in [-0.3, -0.25) is 4.40 Å². The number of halogens is 3. The average Bonchev–Trinajstić information content (AvgIpc) is 3.12. The van der Waals surface area contributed by atoms with Gasteiger partial charge in [0.15, 0.2) is 17.4 Å². The second-order valence-electron chi connectivity index (χ2n) is 5.90. The number of pyridine rings is 2. The number of aliphatic imine (C=N–C) groups is 1. The third-order valence-electron chi connectivity index (χ3n) is 3.82. The number of nitrogens with one attached hydrogen (secondary N) is 2. The molecule has 3 aromatic rings. The predicted octanol–water partition coefficient (Wildman–Crippen LogP) is 2.28. The summed E-state index contributed by atoms with van der Waals surface area (Å²) in [7, 11) is 0. The highest BCUT2D eigenvalue weighted by atomic mass is 19.4. The molecule has 0 unspecified atom stereocenters. The Labute approximate surface area is 164 Å². The van der Waals surface area contributed by atoms with E-state index >= 15 is 0 Å². The van der Waals surface area contributed by atoms with Crippen LogP contribution in [0.5, 0.6) is 5.88 Å². The van der Waals surface area contributed by atoms with Gasteiger partial charge in [-0.05, 0) is 25.1 Å². The molecule has 0 aromatic carbocycles. The molecule has 8 nitrogen and oxygen atoms in total. The van der Waals surface area contributed by atoms with Gasteiger partial charge in [-0.1, -0.05) is 6.07 Å². The predicted molar refractivity (Wildman–Crippen MR) is 101 cm³/mol. The Morgan fingerprint density at radius 2 is 2.03 bits per heavy atom. The zero-order valence-corrected chi connectivity index (χ0v) is 15.6. The van der Waals surface area contributed by atoms with E-state index in [1.807, 2.05) is 35.7 Å². The van der Waals surface area contributed by atoms with Gasteiger partial charge < -0.3 is 15.4 Å². The maximum atomic E-state index is 12.5. The lowest BCUT2D eigenvalue weighted by atomic mass is 10.3. The van der Waals surface area contributed by atoms with Crippen molar-refractivity contribution in [1.82, 2.24) is 30.2 Å². The molecule has 154 valence electrons. The number of nitrogens with zero attached hydrogens (tertiary/aromatic N) is 5. The Kier molecular flexibility index (Phi) is 6.47. The minimum absolute atomic E-state index is 0.122. The zero-order valence-electron chi connectivity index (χ0n) is 15.6. The average molecular weight is 407 g/mol.